The summed E-state index contributed by atoms with van der Waals surface area (Å²) < 4.78 is 27.5. The Morgan fingerprint density at radius 3 is 2.21 bits per heavy atom. The normalized spacial score (nSPS) is 11.1. The van der Waals surface area contributed by atoms with Gasteiger partial charge in [-0.15, -0.1) is 0 Å². The van der Waals surface area contributed by atoms with Gasteiger partial charge < -0.3 is 5.32 Å². The fourth-order valence-electron chi connectivity index (χ4n) is 2.96. The van der Waals surface area contributed by atoms with Crippen molar-refractivity contribution in [2.45, 2.75) is 24.7 Å². The highest BCUT2D eigenvalue weighted by Gasteiger charge is 2.15. The summed E-state index contributed by atoms with van der Waals surface area (Å²) in [5.41, 5.74) is 2.88. The van der Waals surface area contributed by atoms with Gasteiger partial charge in [-0.05, 0) is 61.2 Å². The topological polar surface area (TPSA) is 75.3 Å². The van der Waals surface area contributed by atoms with E-state index in [1.165, 1.54) is 17.7 Å². The van der Waals surface area contributed by atoms with E-state index in [1.54, 1.807) is 43.3 Å². The predicted molar refractivity (Wildman–Crippen MR) is 116 cm³/mol. The molecular weight excluding hydrogens is 384 g/mol. The highest BCUT2D eigenvalue weighted by Crippen LogP contribution is 2.21. The van der Waals surface area contributed by atoms with Crippen LogP contribution in [0.4, 0.5) is 5.69 Å². The van der Waals surface area contributed by atoms with Crippen molar-refractivity contribution in [3.63, 3.8) is 0 Å². The lowest BCUT2D eigenvalue weighted by molar-refractivity contribution is 0.0953. The molecule has 1 amide bonds. The summed E-state index contributed by atoms with van der Waals surface area (Å²) in [6.45, 7) is 2.35. The highest BCUT2D eigenvalue weighted by atomic mass is 32.2. The largest absolute Gasteiger partial charge is 0.352 e. The molecule has 0 bridgehead atoms. The smallest absolute Gasteiger partial charge is 0.261 e. The number of hydrogen-bond donors (Lipinski definition) is 2. The molecular formula is C23H24N2O3S. The second-order valence-electron chi connectivity index (χ2n) is 6.79. The molecule has 0 heterocycles. The Labute approximate surface area is 171 Å². The van der Waals surface area contributed by atoms with E-state index in [0.29, 0.717) is 23.4 Å². The van der Waals surface area contributed by atoms with E-state index >= 15 is 0 Å². The van der Waals surface area contributed by atoms with Gasteiger partial charge in [0.1, 0.15) is 0 Å². The Morgan fingerprint density at radius 1 is 0.897 bits per heavy atom. The van der Waals surface area contributed by atoms with E-state index in [0.717, 1.165) is 12.8 Å². The van der Waals surface area contributed by atoms with Gasteiger partial charge in [-0.3, -0.25) is 9.52 Å². The minimum absolute atomic E-state index is 0.168. The lowest BCUT2D eigenvalue weighted by Crippen LogP contribution is -2.25. The number of anilines is 1. The molecule has 2 N–H and O–H groups in total. The molecule has 3 rings (SSSR count). The second kappa shape index (κ2) is 9.39. The SMILES string of the molecule is Cc1cc(C(=O)NCCCc2ccccc2)ccc1NS(=O)(=O)c1ccccc1. The van der Waals surface area contributed by atoms with Crippen molar-refractivity contribution < 1.29 is 13.2 Å². The van der Waals surface area contributed by atoms with Crippen LogP contribution in [-0.2, 0) is 16.4 Å². The molecule has 3 aromatic carbocycles. The zero-order chi connectivity index (χ0) is 20.7. The highest BCUT2D eigenvalue weighted by molar-refractivity contribution is 7.92. The zero-order valence-corrected chi connectivity index (χ0v) is 17.1. The molecule has 5 nitrogen and oxygen atoms in total. The average Bonchev–Trinajstić information content (AvgIpc) is 2.74. The first-order valence-electron chi connectivity index (χ1n) is 9.46. The van der Waals surface area contributed by atoms with Gasteiger partial charge in [-0.1, -0.05) is 48.5 Å². The molecule has 0 radical (unpaired) electrons. The van der Waals surface area contributed by atoms with Crippen molar-refractivity contribution in [3.05, 3.63) is 95.6 Å². The van der Waals surface area contributed by atoms with Crippen molar-refractivity contribution >= 4 is 21.6 Å². The lowest BCUT2D eigenvalue weighted by Gasteiger charge is -2.12. The quantitative estimate of drug-likeness (QED) is 0.550. The van der Waals surface area contributed by atoms with Crippen molar-refractivity contribution in [1.82, 2.24) is 5.32 Å². The maximum absolute atomic E-state index is 12.5. The molecule has 0 aromatic heterocycles. The van der Waals surface area contributed by atoms with E-state index in [9.17, 15) is 13.2 Å². The van der Waals surface area contributed by atoms with E-state index in [4.69, 9.17) is 0 Å². The summed E-state index contributed by atoms with van der Waals surface area (Å²) in [6, 6.07) is 23.2. The molecule has 0 unspecified atom stereocenters. The number of amides is 1. The van der Waals surface area contributed by atoms with Gasteiger partial charge in [0.2, 0.25) is 0 Å². The molecule has 150 valence electrons. The number of hydrogen-bond acceptors (Lipinski definition) is 3. The summed E-state index contributed by atoms with van der Waals surface area (Å²) in [5.74, 6) is -0.168. The van der Waals surface area contributed by atoms with Gasteiger partial charge in [-0.25, -0.2) is 8.42 Å². The Morgan fingerprint density at radius 2 is 1.55 bits per heavy atom. The monoisotopic (exact) mass is 408 g/mol. The Kier molecular flexibility index (Phi) is 6.67. The van der Waals surface area contributed by atoms with Gasteiger partial charge in [0, 0.05) is 12.1 Å². The predicted octanol–water partition coefficient (Wildman–Crippen LogP) is 4.16. The molecule has 3 aromatic rings. The molecule has 0 aliphatic heterocycles. The molecule has 0 saturated carbocycles. The van der Waals surface area contributed by atoms with Crippen LogP contribution in [0.2, 0.25) is 0 Å². The summed E-state index contributed by atoms with van der Waals surface area (Å²) in [6.07, 6.45) is 1.75. The van der Waals surface area contributed by atoms with Gasteiger partial charge in [0.15, 0.2) is 0 Å². The van der Waals surface area contributed by atoms with Crippen molar-refractivity contribution in [2.75, 3.05) is 11.3 Å². The molecule has 0 saturated heterocycles. The minimum atomic E-state index is -3.66. The maximum Gasteiger partial charge on any atom is 0.261 e. The first-order chi connectivity index (χ1) is 14.0. The van der Waals surface area contributed by atoms with Gasteiger partial charge in [0.25, 0.3) is 15.9 Å². The molecule has 0 fully saturated rings. The second-order valence-corrected chi connectivity index (χ2v) is 8.48. The van der Waals surface area contributed by atoms with Crippen molar-refractivity contribution in [1.29, 1.82) is 0 Å². The molecule has 29 heavy (non-hydrogen) atoms. The van der Waals surface area contributed by atoms with E-state index in [-0.39, 0.29) is 10.8 Å². The maximum atomic E-state index is 12.5. The first-order valence-corrected chi connectivity index (χ1v) is 10.9. The van der Waals surface area contributed by atoms with Crippen LogP contribution in [0.1, 0.15) is 27.9 Å². The van der Waals surface area contributed by atoms with E-state index in [1.807, 2.05) is 18.2 Å². The summed E-state index contributed by atoms with van der Waals surface area (Å²) in [5, 5.41) is 2.91. The number of sulfonamides is 1. The number of carbonyl (C=O) groups is 1. The molecule has 6 heteroatoms. The van der Waals surface area contributed by atoms with Gasteiger partial charge in [-0.2, -0.15) is 0 Å². The van der Waals surface area contributed by atoms with Crippen LogP contribution in [0.5, 0.6) is 0 Å². The number of carbonyl (C=O) groups excluding carboxylic acids is 1. The standard InChI is InChI=1S/C23H24N2O3S/c1-18-17-20(23(26)24-16-8-11-19-9-4-2-5-10-19)14-15-22(18)25-29(27,28)21-12-6-3-7-13-21/h2-7,9-10,12-15,17,25H,8,11,16H2,1H3,(H,24,26). The molecule has 0 aliphatic rings. The fraction of sp³-hybridized carbons (Fsp3) is 0.174. The zero-order valence-electron chi connectivity index (χ0n) is 16.3. The van der Waals surface area contributed by atoms with Crippen LogP contribution in [0.3, 0.4) is 0 Å². The number of benzene rings is 3. The summed E-state index contributed by atoms with van der Waals surface area (Å²) in [4.78, 5) is 12.6. The van der Waals surface area contributed by atoms with Gasteiger partial charge >= 0.3 is 0 Å². The number of nitrogens with one attached hydrogen (secondary N) is 2. The van der Waals surface area contributed by atoms with Crippen LogP contribution in [0.25, 0.3) is 0 Å². The third kappa shape index (κ3) is 5.68. The molecule has 0 aliphatic carbocycles. The Balaban J connectivity index is 1.58. The van der Waals surface area contributed by atoms with Crippen LogP contribution in [0, 0.1) is 6.92 Å². The minimum Gasteiger partial charge on any atom is -0.352 e. The molecule has 0 spiro atoms. The van der Waals surface area contributed by atoms with Gasteiger partial charge in [0.05, 0.1) is 10.6 Å². The Hall–Kier alpha value is -3.12. The van der Waals surface area contributed by atoms with Crippen LogP contribution < -0.4 is 10.0 Å². The van der Waals surface area contributed by atoms with Crippen molar-refractivity contribution in [2.24, 2.45) is 0 Å². The molecule has 0 atom stereocenters. The van der Waals surface area contributed by atoms with E-state index in [2.05, 4.69) is 22.2 Å². The average molecular weight is 409 g/mol. The van der Waals surface area contributed by atoms with E-state index < -0.39 is 10.0 Å². The summed E-state index contributed by atoms with van der Waals surface area (Å²) in [7, 11) is -3.66. The number of rotatable bonds is 8. The fourth-order valence-corrected chi connectivity index (χ4v) is 4.12. The van der Waals surface area contributed by atoms with Crippen LogP contribution >= 0.6 is 0 Å². The third-order valence-electron chi connectivity index (χ3n) is 4.56. The summed E-state index contributed by atoms with van der Waals surface area (Å²) >= 11 is 0. The third-order valence-corrected chi connectivity index (χ3v) is 5.94. The number of aryl methyl sites for hydroxylation is 2. The first kappa shape index (κ1) is 20.6. The van der Waals surface area contributed by atoms with Crippen LogP contribution in [-0.4, -0.2) is 20.9 Å². The van der Waals surface area contributed by atoms with Crippen LogP contribution in [0.15, 0.2) is 83.8 Å². The lowest BCUT2D eigenvalue weighted by atomic mass is 10.1. The van der Waals surface area contributed by atoms with Crippen molar-refractivity contribution in [3.8, 4) is 0 Å². The Bertz CT molecular complexity index is 1070.